The number of nitrogens with zero attached hydrogens (tertiary/aromatic N) is 1. The van der Waals surface area contributed by atoms with Gasteiger partial charge in [0.25, 0.3) is 0 Å². The van der Waals surface area contributed by atoms with Crippen LogP contribution < -0.4 is 4.74 Å². The second kappa shape index (κ2) is 5.33. The van der Waals surface area contributed by atoms with Gasteiger partial charge in [-0.05, 0) is 36.3 Å². The maximum absolute atomic E-state index is 13.8. The van der Waals surface area contributed by atoms with E-state index in [1.165, 1.54) is 18.7 Å². The quantitative estimate of drug-likeness (QED) is 0.727. The standard InChI is InChI=1S/C16H15FN2OS/c1-3-10-4-6-11(7-5-10)19-14-9-15(20-2)12(17)8-13(14)18-16(19)21/h4-9H,3H2,1-2H3,(H,18,21). The van der Waals surface area contributed by atoms with E-state index in [-0.39, 0.29) is 5.75 Å². The Labute approximate surface area is 127 Å². The van der Waals surface area contributed by atoms with Crippen LogP contribution in [0.2, 0.25) is 0 Å². The Balaban J connectivity index is 2.25. The van der Waals surface area contributed by atoms with Gasteiger partial charge in [-0.15, -0.1) is 0 Å². The van der Waals surface area contributed by atoms with Gasteiger partial charge in [0.1, 0.15) is 0 Å². The molecule has 3 aromatic rings. The van der Waals surface area contributed by atoms with Crippen molar-refractivity contribution in [3.8, 4) is 11.4 Å². The number of ether oxygens (including phenoxy) is 1. The normalized spacial score (nSPS) is 11.0. The van der Waals surface area contributed by atoms with E-state index in [1.54, 1.807) is 6.07 Å². The molecule has 0 unspecified atom stereocenters. The fraction of sp³-hybridized carbons (Fsp3) is 0.188. The molecule has 2 aromatic carbocycles. The summed E-state index contributed by atoms with van der Waals surface area (Å²) < 4.78 is 21.2. The number of halogens is 1. The third-order valence-electron chi connectivity index (χ3n) is 3.56. The summed E-state index contributed by atoms with van der Waals surface area (Å²) in [6, 6.07) is 11.2. The molecule has 21 heavy (non-hydrogen) atoms. The summed E-state index contributed by atoms with van der Waals surface area (Å²) in [6.07, 6.45) is 0.985. The third kappa shape index (κ3) is 2.34. The monoisotopic (exact) mass is 302 g/mol. The van der Waals surface area contributed by atoms with Gasteiger partial charge in [-0.1, -0.05) is 19.1 Å². The van der Waals surface area contributed by atoms with Gasteiger partial charge in [0.2, 0.25) is 0 Å². The van der Waals surface area contributed by atoms with Crippen LogP contribution in [0.25, 0.3) is 16.7 Å². The highest BCUT2D eigenvalue weighted by Gasteiger charge is 2.11. The van der Waals surface area contributed by atoms with E-state index in [0.717, 1.165) is 17.6 Å². The van der Waals surface area contributed by atoms with Crippen molar-refractivity contribution in [3.05, 3.63) is 52.5 Å². The van der Waals surface area contributed by atoms with Crippen molar-refractivity contribution in [2.45, 2.75) is 13.3 Å². The topological polar surface area (TPSA) is 29.9 Å². The van der Waals surface area contributed by atoms with Crippen LogP contribution in [-0.4, -0.2) is 16.7 Å². The zero-order valence-electron chi connectivity index (χ0n) is 11.8. The fourth-order valence-corrected chi connectivity index (χ4v) is 2.72. The average molecular weight is 302 g/mol. The van der Waals surface area contributed by atoms with Crippen molar-refractivity contribution in [3.63, 3.8) is 0 Å². The first-order valence-corrected chi connectivity index (χ1v) is 7.12. The van der Waals surface area contributed by atoms with Crippen LogP contribution in [0, 0.1) is 10.6 Å². The van der Waals surface area contributed by atoms with Crippen LogP contribution in [0.15, 0.2) is 36.4 Å². The van der Waals surface area contributed by atoms with E-state index < -0.39 is 5.82 Å². The van der Waals surface area contributed by atoms with E-state index in [4.69, 9.17) is 17.0 Å². The number of hydrogen-bond acceptors (Lipinski definition) is 2. The average Bonchev–Trinajstić information content (AvgIpc) is 2.81. The summed E-state index contributed by atoms with van der Waals surface area (Å²) in [4.78, 5) is 3.03. The number of rotatable bonds is 3. The first-order chi connectivity index (χ1) is 10.1. The Morgan fingerprint density at radius 2 is 1.95 bits per heavy atom. The second-order valence-electron chi connectivity index (χ2n) is 4.79. The molecule has 1 aromatic heterocycles. The summed E-state index contributed by atoms with van der Waals surface area (Å²) >= 11 is 5.36. The van der Waals surface area contributed by atoms with Gasteiger partial charge in [0.05, 0.1) is 18.1 Å². The number of fused-ring (bicyclic) bond motifs is 1. The molecule has 0 radical (unpaired) electrons. The van der Waals surface area contributed by atoms with Gasteiger partial charge in [0, 0.05) is 17.8 Å². The minimum absolute atomic E-state index is 0.204. The lowest BCUT2D eigenvalue weighted by atomic mass is 10.1. The Bertz CT molecular complexity index is 849. The molecule has 0 aliphatic heterocycles. The number of imidazole rings is 1. The molecule has 1 N–H and O–H groups in total. The van der Waals surface area contributed by atoms with Crippen LogP contribution in [0.3, 0.4) is 0 Å². The summed E-state index contributed by atoms with van der Waals surface area (Å²) in [5.74, 6) is -0.204. The zero-order chi connectivity index (χ0) is 15.0. The number of hydrogen-bond donors (Lipinski definition) is 1. The minimum atomic E-state index is -0.408. The summed E-state index contributed by atoms with van der Waals surface area (Å²) in [7, 11) is 1.45. The fourth-order valence-electron chi connectivity index (χ4n) is 2.40. The van der Waals surface area contributed by atoms with Gasteiger partial charge in [-0.2, -0.15) is 0 Å². The van der Waals surface area contributed by atoms with E-state index in [0.29, 0.717) is 10.3 Å². The van der Waals surface area contributed by atoms with E-state index in [2.05, 4.69) is 24.0 Å². The smallest absolute Gasteiger partial charge is 0.182 e. The maximum Gasteiger partial charge on any atom is 0.182 e. The van der Waals surface area contributed by atoms with E-state index in [1.807, 2.05) is 16.7 Å². The Kier molecular flexibility index (Phi) is 3.51. The molecule has 3 rings (SSSR count). The number of H-pyrrole nitrogens is 1. The van der Waals surface area contributed by atoms with Crippen molar-refractivity contribution in [2.24, 2.45) is 0 Å². The number of benzene rings is 2. The number of methoxy groups -OCH3 is 1. The number of aromatic nitrogens is 2. The highest BCUT2D eigenvalue weighted by atomic mass is 32.1. The van der Waals surface area contributed by atoms with Gasteiger partial charge in [-0.25, -0.2) is 4.39 Å². The molecule has 5 heteroatoms. The van der Waals surface area contributed by atoms with Crippen molar-refractivity contribution < 1.29 is 9.13 Å². The van der Waals surface area contributed by atoms with Crippen LogP contribution in [0.1, 0.15) is 12.5 Å². The second-order valence-corrected chi connectivity index (χ2v) is 5.18. The summed E-state index contributed by atoms with van der Waals surface area (Å²) in [6.45, 7) is 2.11. The van der Waals surface area contributed by atoms with Crippen molar-refractivity contribution >= 4 is 23.3 Å². The first kappa shape index (κ1) is 13.8. The molecule has 0 saturated carbocycles. The molecule has 0 fully saturated rings. The molecular formula is C16H15FN2OS. The van der Waals surface area contributed by atoms with Gasteiger partial charge < -0.3 is 9.72 Å². The minimum Gasteiger partial charge on any atom is -0.494 e. The van der Waals surface area contributed by atoms with Crippen LogP contribution in [0.4, 0.5) is 4.39 Å². The molecule has 1 heterocycles. The van der Waals surface area contributed by atoms with Crippen molar-refractivity contribution in [1.82, 2.24) is 9.55 Å². The Hall–Kier alpha value is -2.14. The van der Waals surface area contributed by atoms with Gasteiger partial charge in [-0.3, -0.25) is 4.57 Å². The Morgan fingerprint density at radius 3 is 2.57 bits per heavy atom. The molecule has 108 valence electrons. The molecule has 0 saturated heterocycles. The molecule has 0 aliphatic rings. The van der Waals surface area contributed by atoms with E-state index in [9.17, 15) is 4.39 Å². The lowest BCUT2D eigenvalue weighted by Crippen LogP contribution is -1.95. The number of aryl methyl sites for hydroxylation is 1. The highest BCUT2D eigenvalue weighted by Crippen LogP contribution is 2.26. The number of aromatic amines is 1. The molecular weight excluding hydrogens is 287 g/mol. The summed E-state index contributed by atoms with van der Waals surface area (Å²) in [5, 5.41) is 0. The SMILES string of the molecule is CCc1ccc(-n2c(=S)[nH]c3cc(F)c(OC)cc32)cc1. The maximum atomic E-state index is 13.8. The predicted molar refractivity (Wildman–Crippen MR) is 84.3 cm³/mol. The summed E-state index contributed by atoms with van der Waals surface area (Å²) in [5.41, 5.74) is 3.64. The van der Waals surface area contributed by atoms with Gasteiger partial charge >= 0.3 is 0 Å². The molecule has 0 amide bonds. The molecule has 0 atom stereocenters. The van der Waals surface area contributed by atoms with Gasteiger partial charge in [0.15, 0.2) is 16.3 Å². The predicted octanol–water partition coefficient (Wildman–Crippen LogP) is 4.40. The highest BCUT2D eigenvalue weighted by molar-refractivity contribution is 7.71. The lowest BCUT2D eigenvalue weighted by molar-refractivity contribution is 0.387. The number of nitrogens with one attached hydrogen (secondary N) is 1. The molecule has 0 aliphatic carbocycles. The molecule has 3 nitrogen and oxygen atoms in total. The van der Waals surface area contributed by atoms with Crippen molar-refractivity contribution in [2.75, 3.05) is 7.11 Å². The Morgan fingerprint density at radius 1 is 1.24 bits per heavy atom. The lowest BCUT2D eigenvalue weighted by Gasteiger charge is -2.07. The molecule has 0 bridgehead atoms. The third-order valence-corrected chi connectivity index (χ3v) is 3.84. The van der Waals surface area contributed by atoms with Crippen LogP contribution >= 0.6 is 12.2 Å². The van der Waals surface area contributed by atoms with Crippen LogP contribution in [-0.2, 0) is 6.42 Å². The largest absolute Gasteiger partial charge is 0.494 e. The zero-order valence-corrected chi connectivity index (χ0v) is 12.6. The first-order valence-electron chi connectivity index (χ1n) is 6.71. The molecule has 0 spiro atoms. The van der Waals surface area contributed by atoms with Crippen molar-refractivity contribution in [1.29, 1.82) is 0 Å². The van der Waals surface area contributed by atoms with Crippen LogP contribution in [0.5, 0.6) is 5.75 Å². The van der Waals surface area contributed by atoms with E-state index >= 15 is 0 Å².